The highest BCUT2D eigenvalue weighted by Crippen LogP contribution is 2.22. The third-order valence-electron chi connectivity index (χ3n) is 2.80. The predicted molar refractivity (Wildman–Crippen MR) is 68.2 cm³/mol. The molecule has 86 valence electrons. The highest BCUT2D eigenvalue weighted by Gasteiger charge is 2.09. The molecule has 17 heavy (non-hydrogen) atoms. The van der Waals surface area contributed by atoms with Gasteiger partial charge in [-0.05, 0) is 29.8 Å². The molecular formula is C14H13NO2. The van der Waals surface area contributed by atoms with Crippen molar-refractivity contribution in [3.63, 3.8) is 0 Å². The van der Waals surface area contributed by atoms with Crippen molar-refractivity contribution >= 4 is 28.7 Å². The minimum Gasteiger partial charge on any atom is -0.309 e. The lowest BCUT2D eigenvalue weighted by atomic mass is 10.1. The van der Waals surface area contributed by atoms with E-state index in [1.807, 2.05) is 37.3 Å². The fraction of sp³-hybridized carbons (Fsp3) is 0.143. The number of nitrogens with zero attached hydrogens (tertiary/aromatic N) is 1. The summed E-state index contributed by atoms with van der Waals surface area (Å²) in [5, 5.41) is 2.18. The summed E-state index contributed by atoms with van der Waals surface area (Å²) >= 11 is 0. The first-order chi connectivity index (χ1) is 8.11. The lowest BCUT2D eigenvalue weighted by Crippen LogP contribution is -2.26. The SMILES string of the molecule is Cc1ccc2cc(N(C)C(=O)C=O)ccc2c1. The molecule has 1 amide bonds. The van der Waals surface area contributed by atoms with Crippen molar-refractivity contribution in [3.8, 4) is 0 Å². The van der Waals surface area contributed by atoms with Gasteiger partial charge < -0.3 is 4.90 Å². The highest BCUT2D eigenvalue weighted by atomic mass is 16.2. The lowest BCUT2D eigenvalue weighted by molar-refractivity contribution is -0.129. The maximum atomic E-state index is 11.3. The topological polar surface area (TPSA) is 37.4 Å². The quantitative estimate of drug-likeness (QED) is 0.583. The van der Waals surface area contributed by atoms with Crippen LogP contribution in [0.4, 0.5) is 5.69 Å². The second-order valence-electron chi connectivity index (χ2n) is 4.05. The third-order valence-corrected chi connectivity index (χ3v) is 2.80. The van der Waals surface area contributed by atoms with E-state index in [-0.39, 0.29) is 0 Å². The molecule has 2 aromatic rings. The minimum atomic E-state index is -0.545. The van der Waals surface area contributed by atoms with E-state index >= 15 is 0 Å². The normalized spacial score (nSPS) is 10.2. The van der Waals surface area contributed by atoms with Crippen molar-refractivity contribution in [1.82, 2.24) is 0 Å². The Bertz CT molecular complexity index is 590. The van der Waals surface area contributed by atoms with Gasteiger partial charge >= 0.3 is 0 Å². The Balaban J connectivity index is 2.48. The fourth-order valence-corrected chi connectivity index (χ4v) is 1.77. The Hall–Kier alpha value is -2.16. The van der Waals surface area contributed by atoms with Gasteiger partial charge in [0.05, 0.1) is 0 Å². The summed E-state index contributed by atoms with van der Waals surface area (Å²) in [7, 11) is 1.59. The summed E-state index contributed by atoms with van der Waals surface area (Å²) in [6.07, 6.45) is 0.319. The smallest absolute Gasteiger partial charge is 0.290 e. The zero-order valence-corrected chi connectivity index (χ0v) is 9.81. The molecule has 0 aromatic heterocycles. The van der Waals surface area contributed by atoms with Crippen LogP contribution in [-0.4, -0.2) is 19.2 Å². The predicted octanol–water partition coefficient (Wildman–Crippen LogP) is 2.31. The van der Waals surface area contributed by atoms with Crippen LogP contribution in [0.5, 0.6) is 0 Å². The number of amides is 1. The van der Waals surface area contributed by atoms with Crippen molar-refractivity contribution in [2.75, 3.05) is 11.9 Å². The van der Waals surface area contributed by atoms with E-state index in [0.29, 0.717) is 6.29 Å². The van der Waals surface area contributed by atoms with Crippen LogP contribution >= 0.6 is 0 Å². The fourth-order valence-electron chi connectivity index (χ4n) is 1.77. The van der Waals surface area contributed by atoms with E-state index in [1.165, 1.54) is 10.5 Å². The number of aldehydes is 1. The molecule has 0 atom stereocenters. The second kappa shape index (κ2) is 4.37. The Morgan fingerprint density at radius 3 is 2.47 bits per heavy atom. The van der Waals surface area contributed by atoms with Crippen LogP contribution in [-0.2, 0) is 9.59 Å². The molecule has 0 saturated carbocycles. The summed E-state index contributed by atoms with van der Waals surface area (Å²) in [5.41, 5.74) is 1.92. The van der Waals surface area contributed by atoms with Crippen LogP contribution in [0.15, 0.2) is 36.4 Å². The lowest BCUT2D eigenvalue weighted by Gasteiger charge is -2.14. The van der Waals surface area contributed by atoms with Gasteiger partial charge in [-0.1, -0.05) is 29.8 Å². The molecule has 3 heteroatoms. The van der Waals surface area contributed by atoms with E-state index in [1.54, 1.807) is 7.05 Å². The van der Waals surface area contributed by atoms with Gasteiger partial charge in [0.2, 0.25) is 6.29 Å². The molecule has 0 N–H and O–H groups in total. The van der Waals surface area contributed by atoms with Crippen LogP contribution < -0.4 is 4.90 Å². The molecule has 2 aromatic carbocycles. The molecule has 0 spiro atoms. The molecule has 3 nitrogen and oxygen atoms in total. The number of hydrogen-bond donors (Lipinski definition) is 0. The van der Waals surface area contributed by atoms with Gasteiger partial charge in [-0.3, -0.25) is 9.59 Å². The highest BCUT2D eigenvalue weighted by molar-refractivity contribution is 6.30. The number of rotatable bonds is 2. The van der Waals surface area contributed by atoms with Gasteiger partial charge in [-0.2, -0.15) is 0 Å². The van der Waals surface area contributed by atoms with Crippen molar-refractivity contribution in [3.05, 3.63) is 42.0 Å². The number of aryl methyl sites for hydroxylation is 1. The van der Waals surface area contributed by atoms with E-state index in [4.69, 9.17) is 0 Å². The summed E-state index contributed by atoms with van der Waals surface area (Å²) in [5.74, 6) is -0.545. The van der Waals surface area contributed by atoms with Crippen LogP contribution in [0.3, 0.4) is 0 Å². The maximum absolute atomic E-state index is 11.3. The van der Waals surface area contributed by atoms with Gasteiger partial charge in [0.25, 0.3) is 5.91 Å². The van der Waals surface area contributed by atoms with Gasteiger partial charge in [-0.25, -0.2) is 0 Å². The van der Waals surface area contributed by atoms with Crippen LogP contribution in [0.2, 0.25) is 0 Å². The van der Waals surface area contributed by atoms with Crippen molar-refractivity contribution in [2.45, 2.75) is 6.92 Å². The largest absolute Gasteiger partial charge is 0.309 e. The number of benzene rings is 2. The zero-order chi connectivity index (χ0) is 12.4. The first-order valence-corrected chi connectivity index (χ1v) is 5.35. The molecular weight excluding hydrogens is 214 g/mol. The number of carbonyl (C=O) groups excluding carboxylic acids is 2. The first kappa shape index (κ1) is 11.3. The molecule has 0 saturated heterocycles. The van der Waals surface area contributed by atoms with E-state index in [9.17, 15) is 9.59 Å². The van der Waals surface area contributed by atoms with Gasteiger partial charge in [0.1, 0.15) is 0 Å². The third kappa shape index (κ3) is 2.18. The van der Waals surface area contributed by atoms with Gasteiger partial charge in [-0.15, -0.1) is 0 Å². The Kier molecular flexibility index (Phi) is 2.91. The first-order valence-electron chi connectivity index (χ1n) is 5.35. The van der Waals surface area contributed by atoms with Crippen LogP contribution in [0.1, 0.15) is 5.56 Å². The maximum Gasteiger partial charge on any atom is 0.290 e. The summed E-state index contributed by atoms with van der Waals surface area (Å²) in [4.78, 5) is 23.0. The molecule has 0 aliphatic carbocycles. The molecule has 0 heterocycles. The summed E-state index contributed by atoms with van der Waals surface area (Å²) in [6, 6.07) is 11.8. The average molecular weight is 227 g/mol. The molecule has 0 bridgehead atoms. The number of likely N-dealkylation sites (N-methyl/N-ethyl adjacent to an activating group) is 1. The number of carbonyl (C=O) groups is 2. The summed E-state index contributed by atoms with van der Waals surface area (Å²) in [6.45, 7) is 2.04. The van der Waals surface area contributed by atoms with Crippen molar-refractivity contribution in [1.29, 1.82) is 0 Å². The van der Waals surface area contributed by atoms with Gasteiger partial charge in [0.15, 0.2) is 0 Å². The standard InChI is InChI=1S/C14H13NO2/c1-10-3-4-12-8-13(6-5-11(12)7-10)15(2)14(17)9-16/h3-9H,1-2H3. The van der Waals surface area contributed by atoms with Crippen molar-refractivity contribution in [2.24, 2.45) is 0 Å². The zero-order valence-electron chi connectivity index (χ0n) is 9.81. The van der Waals surface area contributed by atoms with Crippen molar-refractivity contribution < 1.29 is 9.59 Å². The molecule has 0 aliphatic rings. The second-order valence-corrected chi connectivity index (χ2v) is 4.05. The number of fused-ring (bicyclic) bond motifs is 1. The van der Waals surface area contributed by atoms with E-state index in [0.717, 1.165) is 16.5 Å². The van der Waals surface area contributed by atoms with Gasteiger partial charge in [0, 0.05) is 12.7 Å². The Labute approximate surface area is 99.7 Å². The average Bonchev–Trinajstić information content (AvgIpc) is 2.36. The molecule has 0 fully saturated rings. The summed E-state index contributed by atoms with van der Waals surface area (Å²) < 4.78 is 0. The number of anilines is 1. The molecule has 0 aliphatic heterocycles. The molecule has 0 unspecified atom stereocenters. The van der Waals surface area contributed by atoms with Crippen LogP contribution in [0.25, 0.3) is 10.8 Å². The molecule has 0 radical (unpaired) electrons. The Morgan fingerprint density at radius 1 is 1.12 bits per heavy atom. The van der Waals surface area contributed by atoms with E-state index in [2.05, 4.69) is 6.07 Å². The molecule has 2 rings (SSSR count). The minimum absolute atomic E-state index is 0.319. The Morgan fingerprint density at radius 2 is 1.76 bits per heavy atom. The van der Waals surface area contributed by atoms with Crippen LogP contribution in [0, 0.1) is 6.92 Å². The monoisotopic (exact) mass is 227 g/mol. The van der Waals surface area contributed by atoms with E-state index < -0.39 is 5.91 Å². The number of hydrogen-bond acceptors (Lipinski definition) is 2.